The monoisotopic (exact) mass is 428 g/mol. The largest absolute Gasteiger partial charge is 0.478 e. The molecule has 1 saturated heterocycles. The second-order valence-electron chi connectivity index (χ2n) is 7.62. The van der Waals surface area contributed by atoms with E-state index in [2.05, 4.69) is 16.0 Å². The van der Waals surface area contributed by atoms with Crippen LogP contribution in [0.25, 0.3) is 33.3 Å². The summed E-state index contributed by atoms with van der Waals surface area (Å²) in [5, 5.41) is 0.973. The Morgan fingerprint density at radius 1 is 1.06 bits per heavy atom. The fraction of sp³-hybridized carbons (Fsp3) is 0.200. The highest BCUT2D eigenvalue weighted by atomic mass is 16.5. The maximum Gasteiger partial charge on any atom is 0.254 e. The molecule has 1 fully saturated rings. The maximum atomic E-state index is 12.9. The molecule has 5 rings (SSSR count). The highest BCUT2D eigenvalue weighted by Crippen LogP contribution is 2.36. The number of hydrogen-bond donors (Lipinski definition) is 2. The minimum Gasteiger partial charge on any atom is -0.478 e. The number of carbonyl (C=O) groups excluding carboxylic acids is 1. The van der Waals surface area contributed by atoms with Gasteiger partial charge < -0.3 is 19.4 Å². The second kappa shape index (κ2) is 8.82. The van der Waals surface area contributed by atoms with E-state index >= 15 is 0 Å². The number of para-hydroxylation sites is 1. The highest BCUT2D eigenvalue weighted by molar-refractivity contribution is 5.98. The zero-order chi connectivity index (χ0) is 21.9. The molecule has 0 unspecified atom stereocenters. The molecule has 7 heteroatoms. The molecule has 3 heterocycles. The van der Waals surface area contributed by atoms with Gasteiger partial charge in [-0.3, -0.25) is 10.5 Å². The number of morpholine rings is 1. The smallest absolute Gasteiger partial charge is 0.254 e. The summed E-state index contributed by atoms with van der Waals surface area (Å²) in [5.74, 6) is 0.749. The molecule has 0 saturated carbocycles. The van der Waals surface area contributed by atoms with Crippen LogP contribution in [-0.2, 0) is 4.74 Å². The van der Waals surface area contributed by atoms with E-state index in [-0.39, 0.29) is 12.6 Å². The quantitative estimate of drug-likeness (QED) is 0.473. The van der Waals surface area contributed by atoms with Crippen molar-refractivity contribution in [1.29, 1.82) is 0 Å². The standard InChI is InChI=1S/C25H24N4O3/c26-16-32-23-7-2-1-6-20(23)22-15-28-24-21(22)13-19(14-27-24)17-4-3-5-18(12-17)25(30)29-8-10-31-11-9-29/h1-7,12-15H,8-11,16,26H2,(H,27,28). The van der Waals surface area contributed by atoms with Crippen molar-refractivity contribution in [2.24, 2.45) is 5.73 Å². The Morgan fingerprint density at radius 3 is 2.75 bits per heavy atom. The first-order valence-corrected chi connectivity index (χ1v) is 10.6. The van der Waals surface area contributed by atoms with E-state index in [4.69, 9.17) is 15.2 Å². The van der Waals surface area contributed by atoms with Crippen LogP contribution in [0.15, 0.2) is 67.0 Å². The molecule has 2 aromatic heterocycles. The van der Waals surface area contributed by atoms with E-state index in [1.165, 1.54) is 0 Å². The number of pyridine rings is 1. The van der Waals surface area contributed by atoms with E-state index in [9.17, 15) is 4.79 Å². The van der Waals surface area contributed by atoms with Crippen LogP contribution in [0, 0.1) is 0 Å². The van der Waals surface area contributed by atoms with Crippen molar-refractivity contribution < 1.29 is 14.3 Å². The Labute approximate surface area is 185 Å². The predicted molar refractivity (Wildman–Crippen MR) is 123 cm³/mol. The zero-order valence-corrected chi connectivity index (χ0v) is 17.6. The number of nitrogens with one attached hydrogen (secondary N) is 1. The summed E-state index contributed by atoms with van der Waals surface area (Å²) >= 11 is 0. The second-order valence-corrected chi connectivity index (χ2v) is 7.62. The first-order chi connectivity index (χ1) is 15.7. The minimum absolute atomic E-state index is 0.0272. The van der Waals surface area contributed by atoms with Gasteiger partial charge in [-0.2, -0.15) is 0 Å². The summed E-state index contributed by atoms with van der Waals surface area (Å²) in [6.07, 6.45) is 3.75. The normalized spacial score (nSPS) is 14.0. The average Bonchev–Trinajstić information content (AvgIpc) is 3.28. The molecule has 2 aromatic carbocycles. The molecule has 0 radical (unpaired) electrons. The van der Waals surface area contributed by atoms with Crippen LogP contribution in [0.2, 0.25) is 0 Å². The molecule has 4 aromatic rings. The van der Waals surface area contributed by atoms with E-state index in [0.717, 1.165) is 39.0 Å². The van der Waals surface area contributed by atoms with Gasteiger partial charge in [-0.15, -0.1) is 0 Å². The summed E-state index contributed by atoms with van der Waals surface area (Å²) in [6.45, 7) is 2.50. The van der Waals surface area contributed by atoms with Gasteiger partial charge in [-0.05, 0) is 29.8 Å². The van der Waals surface area contributed by atoms with E-state index in [1.54, 1.807) is 0 Å². The molecule has 1 amide bonds. The number of fused-ring (bicyclic) bond motifs is 1. The SMILES string of the molecule is NCOc1ccccc1-c1c[nH]c2ncc(-c3cccc(C(=O)N4CCOCC4)c3)cc12. The Balaban J connectivity index is 1.52. The zero-order valence-electron chi connectivity index (χ0n) is 17.6. The summed E-state index contributed by atoms with van der Waals surface area (Å²) in [4.78, 5) is 22.6. The number of hydrogen-bond acceptors (Lipinski definition) is 5. The van der Waals surface area contributed by atoms with Crippen molar-refractivity contribution in [3.8, 4) is 28.0 Å². The van der Waals surface area contributed by atoms with Gasteiger partial charge >= 0.3 is 0 Å². The Morgan fingerprint density at radius 2 is 1.91 bits per heavy atom. The van der Waals surface area contributed by atoms with Gasteiger partial charge in [0, 0.05) is 53.1 Å². The molecule has 0 aliphatic carbocycles. The molecule has 0 bridgehead atoms. The van der Waals surface area contributed by atoms with Crippen molar-refractivity contribution in [2.75, 3.05) is 33.0 Å². The third-order valence-corrected chi connectivity index (χ3v) is 5.69. The average molecular weight is 428 g/mol. The van der Waals surface area contributed by atoms with Crippen LogP contribution in [0.3, 0.4) is 0 Å². The van der Waals surface area contributed by atoms with Crippen LogP contribution in [-0.4, -0.2) is 53.8 Å². The molecule has 0 spiro atoms. The summed E-state index contributed by atoms with van der Waals surface area (Å²) < 4.78 is 11.0. The Bertz CT molecular complexity index is 1260. The number of ether oxygens (including phenoxy) is 2. The molecular weight excluding hydrogens is 404 g/mol. The first-order valence-electron chi connectivity index (χ1n) is 10.6. The van der Waals surface area contributed by atoms with Gasteiger partial charge in [0.15, 0.2) is 0 Å². The van der Waals surface area contributed by atoms with Gasteiger partial charge in [0.25, 0.3) is 5.91 Å². The van der Waals surface area contributed by atoms with Crippen LogP contribution in [0.4, 0.5) is 0 Å². The van der Waals surface area contributed by atoms with Gasteiger partial charge in [0.2, 0.25) is 0 Å². The lowest BCUT2D eigenvalue weighted by Gasteiger charge is -2.27. The summed E-state index contributed by atoms with van der Waals surface area (Å²) in [5.41, 5.74) is 10.9. The third kappa shape index (κ3) is 3.84. The van der Waals surface area contributed by atoms with Crippen molar-refractivity contribution >= 4 is 16.9 Å². The topological polar surface area (TPSA) is 93.5 Å². The van der Waals surface area contributed by atoms with Gasteiger partial charge in [-0.25, -0.2) is 4.98 Å². The number of rotatable bonds is 5. The molecule has 1 aliphatic heterocycles. The number of aromatic nitrogens is 2. The molecule has 0 atom stereocenters. The third-order valence-electron chi connectivity index (χ3n) is 5.69. The highest BCUT2D eigenvalue weighted by Gasteiger charge is 2.19. The molecule has 162 valence electrons. The number of H-pyrrole nitrogens is 1. The lowest BCUT2D eigenvalue weighted by atomic mass is 10.0. The summed E-state index contributed by atoms with van der Waals surface area (Å²) in [7, 11) is 0. The first kappa shape index (κ1) is 20.2. The summed E-state index contributed by atoms with van der Waals surface area (Å²) in [6, 6.07) is 17.6. The van der Waals surface area contributed by atoms with Crippen LogP contribution >= 0.6 is 0 Å². The number of amides is 1. The molecule has 32 heavy (non-hydrogen) atoms. The van der Waals surface area contributed by atoms with E-state index < -0.39 is 0 Å². The number of carbonyl (C=O) groups is 1. The van der Waals surface area contributed by atoms with Gasteiger partial charge in [0.1, 0.15) is 18.1 Å². The lowest BCUT2D eigenvalue weighted by Crippen LogP contribution is -2.40. The van der Waals surface area contributed by atoms with Crippen LogP contribution in [0.1, 0.15) is 10.4 Å². The molecular formula is C25H24N4O3. The Kier molecular flexibility index (Phi) is 5.58. The predicted octanol–water partition coefficient (Wildman–Crippen LogP) is 3.66. The van der Waals surface area contributed by atoms with Gasteiger partial charge in [0.05, 0.1) is 13.2 Å². The van der Waals surface area contributed by atoms with Crippen molar-refractivity contribution in [1.82, 2.24) is 14.9 Å². The van der Waals surface area contributed by atoms with E-state index in [0.29, 0.717) is 31.9 Å². The van der Waals surface area contributed by atoms with Gasteiger partial charge in [-0.1, -0.05) is 30.3 Å². The Hall–Kier alpha value is -3.68. The molecule has 1 aliphatic rings. The van der Waals surface area contributed by atoms with Crippen molar-refractivity contribution in [3.05, 3.63) is 72.6 Å². The van der Waals surface area contributed by atoms with Crippen molar-refractivity contribution in [3.63, 3.8) is 0 Å². The lowest BCUT2D eigenvalue weighted by molar-refractivity contribution is 0.0303. The van der Waals surface area contributed by atoms with E-state index in [1.807, 2.05) is 65.8 Å². The maximum absolute atomic E-state index is 12.9. The van der Waals surface area contributed by atoms with Crippen LogP contribution < -0.4 is 10.5 Å². The minimum atomic E-state index is 0.0272. The molecule has 3 N–H and O–H groups in total. The molecule has 7 nitrogen and oxygen atoms in total. The number of nitrogens with two attached hydrogens (primary N) is 1. The van der Waals surface area contributed by atoms with Crippen LogP contribution in [0.5, 0.6) is 5.75 Å². The number of nitrogens with zero attached hydrogens (tertiary/aromatic N) is 2. The number of benzene rings is 2. The fourth-order valence-corrected chi connectivity index (χ4v) is 4.07. The number of aromatic amines is 1. The fourth-order valence-electron chi connectivity index (χ4n) is 4.07. The van der Waals surface area contributed by atoms with Crippen molar-refractivity contribution in [2.45, 2.75) is 0 Å².